The molecule has 1 aromatic carbocycles. The molecule has 2 N–H and O–H groups in total. The molecule has 1 atom stereocenters. The number of benzene rings is 1. The van der Waals surface area contributed by atoms with Crippen LogP contribution < -0.4 is 20.1 Å². The lowest BCUT2D eigenvalue weighted by Gasteiger charge is -2.19. The number of hydrogen-bond donors (Lipinski definition) is 2. The van der Waals surface area contributed by atoms with E-state index in [9.17, 15) is 0 Å². The molecule has 0 aliphatic heterocycles. The molecule has 7 nitrogen and oxygen atoms in total. The quantitative estimate of drug-likeness (QED) is 0.565. The van der Waals surface area contributed by atoms with Crippen LogP contribution >= 0.6 is 0 Å². The van der Waals surface area contributed by atoms with Crippen molar-refractivity contribution in [3.05, 3.63) is 42.2 Å². The van der Waals surface area contributed by atoms with E-state index < -0.39 is 0 Å². The SMILES string of the molecule is CCNC(=NCc1cnn(C)c1)NCC(C)Oc1ccccc1OC. The highest BCUT2D eigenvalue weighted by atomic mass is 16.5. The minimum Gasteiger partial charge on any atom is -0.493 e. The molecule has 7 heteroatoms. The Bertz CT molecular complexity index is 684. The maximum absolute atomic E-state index is 5.95. The number of aromatic nitrogens is 2. The second kappa shape index (κ2) is 9.56. The Morgan fingerprint density at radius 1 is 1.28 bits per heavy atom. The standard InChI is InChI=1S/C18H27N5O2/c1-5-19-18(21-11-15-12-22-23(3)13-15)20-10-14(2)25-17-9-7-6-8-16(17)24-4/h6-9,12-14H,5,10-11H2,1-4H3,(H2,19,20,21). The third kappa shape index (κ3) is 6.02. The Labute approximate surface area is 149 Å². The zero-order chi connectivity index (χ0) is 18.1. The zero-order valence-corrected chi connectivity index (χ0v) is 15.3. The van der Waals surface area contributed by atoms with Gasteiger partial charge in [0.15, 0.2) is 17.5 Å². The Kier molecular flexibility index (Phi) is 7.13. The molecule has 2 aromatic rings. The average Bonchev–Trinajstić information content (AvgIpc) is 3.03. The summed E-state index contributed by atoms with van der Waals surface area (Å²) >= 11 is 0. The summed E-state index contributed by atoms with van der Waals surface area (Å²) in [7, 11) is 3.53. The van der Waals surface area contributed by atoms with E-state index in [1.807, 2.05) is 57.6 Å². The Hall–Kier alpha value is -2.70. The molecule has 0 bridgehead atoms. The van der Waals surface area contributed by atoms with Gasteiger partial charge in [0.1, 0.15) is 6.10 Å². The van der Waals surface area contributed by atoms with E-state index in [1.54, 1.807) is 11.8 Å². The second-order valence-electron chi connectivity index (χ2n) is 5.68. The fraction of sp³-hybridized carbons (Fsp3) is 0.444. The van der Waals surface area contributed by atoms with Crippen LogP contribution in [0.15, 0.2) is 41.7 Å². The predicted molar refractivity (Wildman–Crippen MR) is 99.1 cm³/mol. The van der Waals surface area contributed by atoms with Crippen molar-refractivity contribution in [3.8, 4) is 11.5 Å². The Morgan fingerprint density at radius 2 is 2.04 bits per heavy atom. The molecular weight excluding hydrogens is 318 g/mol. The van der Waals surface area contributed by atoms with Gasteiger partial charge in [0.05, 0.1) is 26.4 Å². The third-order valence-electron chi connectivity index (χ3n) is 3.48. The minimum absolute atomic E-state index is 0.0430. The van der Waals surface area contributed by atoms with Crippen LogP contribution in [0, 0.1) is 0 Å². The third-order valence-corrected chi connectivity index (χ3v) is 3.48. The van der Waals surface area contributed by atoms with Crippen LogP contribution in [0.3, 0.4) is 0 Å². The molecular formula is C18H27N5O2. The number of aryl methyl sites for hydroxylation is 1. The molecule has 0 saturated carbocycles. The van der Waals surface area contributed by atoms with Crippen LogP contribution in [0.4, 0.5) is 0 Å². The van der Waals surface area contributed by atoms with Crippen LogP contribution in [0.5, 0.6) is 11.5 Å². The summed E-state index contributed by atoms with van der Waals surface area (Å²) in [5, 5.41) is 10.7. The van der Waals surface area contributed by atoms with E-state index in [0.717, 1.165) is 29.6 Å². The first kappa shape index (κ1) is 18.6. The van der Waals surface area contributed by atoms with E-state index in [4.69, 9.17) is 9.47 Å². The van der Waals surface area contributed by atoms with Crippen LogP contribution in [-0.4, -0.2) is 42.0 Å². The number of rotatable bonds is 8. The molecule has 0 amide bonds. The monoisotopic (exact) mass is 345 g/mol. The maximum Gasteiger partial charge on any atom is 0.191 e. The molecule has 1 unspecified atom stereocenters. The van der Waals surface area contributed by atoms with Crippen molar-refractivity contribution in [2.45, 2.75) is 26.5 Å². The molecule has 2 rings (SSSR count). The van der Waals surface area contributed by atoms with Gasteiger partial charge in [-0.1, -0.05) is 12.1 Å². The molecule has 0 aliphatic rings. The van der Waals surface area contributed by atoms with Gasteiger partial charge in [-0.3, -0.25) is 4.68 Å². The normalized spacial score (nSPS) is 12.6. The molecule has 136 valence electrons. The van der Waals surface area contributed by atoms with Crippen molar-refractivity contribution in [2.24, 2.45) is 12.0 Å². The second-order valence-corrected chi connectivity index (χ2v) is 5.68. The minimum atomic E-state index is -0.0430. The van der Waals surface area contributed by atoms with E-state index in [1.165, 1.54) is 0 Å². The van der Waals surface area contributed by atoms with Gasteiger partial charge in [-0.25, -0.2) is 4.99 Å². The zero-order valence-electron chi connectivity index (χ0n) is 15.3. The fourth-order valence-electron chi connectivity index (χ4n) is 2.28. The fourth-order valence-corrected chi connectivity index (χ4v) is 2.28. The first-order chi connectivity index (χ1) is 12.1. The van der Waals surface area contributed by atoms with Crippen molar-refractivity contribution in [1.29, 1.82) is 0 Å². The highest BCUT2D eigenvalue weighted by molar-refractivity contribution is 5.79. The lowest BCUT2D eigenvalue weighted by molar-refractivity contribution is 0.213. The van der Waals surface area contributed by atoms with Crippen LogP contribution in [0.2, 0.25) is 0 Å². The maximum atomic E-state index is 5.95. The Morgan fingerprint density at radius 3 is 2.68 bits per heavy atom. The summed E-state index contributed by atoms with van der Waals surface area (Å²) in [6.07, 6.45) is 3.74. The van der Waals surface area contributed by atoms with Crippen LogP contribution in [-0.2, 0) is 13.6 Å². The number of para-hydroxylation sites is 2. The van der Waals surface area contributed by atoms with Crippen molar-refractivity contribution in [3.63, 3.8) is 0 Å². The van der Waals surface area contributed by atoms with Crippen LogP contribution in [0.25, 0.3) is 0 Å². The molecule has 1 heterocycles. The molecule has 0 radical (unpaired) electrons. The smallest absolute Gasteiger partial charge is 0.191 e. The number of guanidine groups is 1. The highest BCUT2D eigenvalue weighted by Gasteiger charge is 2.09. The van der Waals surface area contributed by atoms with Crippen molar-refractivity contribution >= 4 is 5.96 Å². The first-order valence-electron chi connectivity index (χ1n) is 8.41. The van der Waals surface area contributed by atoms with E-state index in [2.05, 4.69) is 20.7 Å². The Balaban J connectivity index is 1.88. The van der Waals surface area contributed by atoms with E-state index in [-0.39, 0.29) is 6.10 Å². The largest absolute Gasteiger partial charge is 0.493 e. The van der Waals surface area contributed by atoms with Gasteiger partial charge in [-0.05, 0) is 26.0 Å². The van der Waals surface area contributed by atoms with Crippen molar-refractivity contribution < 1.29 is 9.47 Å². The van der Waals surface area contributed by atoms with Gasteiger partial charge < -0.3 is 20.1 Å². The van der Waals surface area contributed by atoms with Crippen molar-refractivity contribution in [1.82, 2.24) is 20.4 Å². The topological polar surface area (TPSA) is 72.7 Å². The number of nitrogens with one attached hydrogen (secondary N) is 2. The lowest BCUT2D eigenvalue weighted by atomic mass is 10.3. The van der Waals surface area contributed by atoms with Gasteiger partial charge in [-0.2, -0.15) is 5.10 Å². The summed E-state index contributed by atoms with van der Waals surface area (Å²) < 4.78 is 13.0. The van der Waals surface area contributed by atoms with Gasteiger partial charge in [0.2, 0.25) is 0 Å². The van der Waals surface area contributed by atoms with Gasteiger partial charge in [0.25, 0.3) is 0 Å². The molecule has 0 saturated heterocycles. The molecule has 1 aromatic heterocycles. The average molecular weight is 345 g/mol. The number of aliphatic imine (C=N–C) groups is 1. The number of nitrogens with zero attached hydrogens (tertiary/aromatic N) is 3. The molecule has 0 fully saturated rings. The summed E-state index contributed by atoms with van der Waals surface area (Å²) in [6, 6.07) is 7.63. The highest BCUT2D eigenvalue weighted by Crippen LogP contribution is 2.26. The summed E-state index contributed by atoms with van der Waals surface area (Å²) in [5.41, 5.74) is 1.07. The van der Waals surface area contributed by atoms with Crippen LogP contribution in [0.1, 0.15) is 19.4 Å². The van der Waals surface area contributed by atoms with Gasteiger partial charge >= 0.3 is 0 Å². The number of ether oxygens (including phenoxy) is 2. The number of hydrogen-bond acceptors (Lipinski definition) is 4. The lowest BCUT2D eigenvalue weighted by Crippen LogP contribution is -2.41. The summed E-state index contributed by atoms with van der Waals surface area (Å²) in [5.74, 6) is 2.21. The summed E-state index contributed by atoms with van der Waals surface area (Å²) in [4.78, 5) is 4.57. The van der Waals surface area contributed by atoms with Gasteiger partial charge in [0, 0.05) is 25.4 Å². The van der Waals surface area contributed by atoms with Crippen molar-refractivity contribution in [2.75, 3.05) is 20.2 Å². The number of methoxy groups -OCH3 is 1. The summed E-state index contributed by atoms with van der Waals surface area (Å²) in [6.45, 7) is 6.03. The molecule has 0 aliphatic carbocycles. The van der Waals surface area contributed by atoms with E-state index >= 15 is 0 Å². The molecule has 0 spiro atoms. The van der Waals surface area contributed by atoms with E-state index in [0.29, 0.717) is 13.1 Å². The first-order valence-corrected chi connectivity index (χ1v) is 8.41. The van der Waals surface area contributed by atoms with Gasteiger partial charge in [-0.15, -0.1) is 0 Å². The molecule has 25 heavy (non-hydrogen) atoms. The predicted octanol–water partition coefficient (Wildman–Crippen LogP) is 1.95.